The molecular formula is C23H32O6. The largest absolute Gasteiger partial charge is 0.463 e. The van der Waals surface area contributed by atoms with Crippen LogP contribution >= 0.6 is 0 Å². The highest BCUT2D eigenvalue weighted by molar-refractivity contribution is 5.91. The number of ketones is 2. The second kappa shape index (κ2) is 6.92. The van der Waals surface area contributed by atoms with E-state index in [0.29, 0.717) is 18.6 Å². The minimum atomic E-state index is -0.790. The van der Waals surface area contributed by atoms with Gasteiger partial charge < -0.3 is 9.47 Å². The Bertz CT molecular complexity index is 758. The lowest BCUT2D eigenvalue weighted by molar-refractivity contribution is -0.196. The first-order valence-electron chi connectivity index (χ1n) is 11.0. The van der Waals surface area contributed by atoms with Crippen LogP contribution in [0.1, 0.15) is 72.6 Å². The minimum absolute atomic E-state index is 0.0376. The van der Waals surface area contributed by atoms with E-state index < -0.39 is 17.5 Å². The standard InChI is InChI=1S/C23H32O6/c1-12(24)28-14-7-9-22(3)16-8-10-23(4)15(5-6-18(23)26)19(16)21(29-13(2)25)20(27)17(22)11-14/h14-17,19,21H,5-11H2,1-4H3/t14-,15-,16-,17+,19-,21-,22+,23-/m0/s1. The first-order valence-corrected chi connectivity index (χ1v) is 11.0. The highest BCUT2D eigenvalue weighted by Crippen LogP contribution is 2.65. The molecular weight excluding hydrogens is 372 g/mol. The molecule has 0 N–H and O–H groups in total. The number of hydrogen-bond acceptors (Lipinski definition) is 6. The van der Waals surface area contributed by atoms with Crippen LogP contribution in [-0.2, 0) is 28.7 Å². The predicted molar refractivity (Wildman–Crippen MR) is 104 cm³/mol. The van der Waals surface area contributed by atoms with Crippen molar-refractivity contribution in [1.29, 1.82) is 0 Å². The first-order chi connectivity index (χ1) is 13.6. The lowest BCUT2D eigenvalue weighted by Gasteiger charge is -2.60. The van der Waals surface area contributed by atoms with Crippen LogP contribution in [-0.4, -0.2) is 35.7 Å². The Kier molecular flexibility index (Phi) is 4.90. The molecule has 0 unspecified atom stereocenters. The van der Waals surface area contributed by atoms with Crippen molar-refractivity contribution in [2.24, 2.45) is 34.5 Å². The lowest BCUT2D eigenvalue weighted by Crippen LogP contribution is -2.63. The van der Waals surface area contributed by atoms with Gasteiger partial charge in [-0.05, 0) is 55.8 Å². The second-order valence-corrected chi connectivity index (χ2v) is 10.2. The third-order valence-electron chi connectivity index (χ3n) is 8.79. The van der Waals surface area contributed by atoms with E-state index in [0.717, 1.165) is 32.1 Å². The van der Waals surface area contributed by atoms with Gasteiger partial charge in [0.05, 0.1) is 0 Å². The summed E-state index contributed by atoms with van der Waals surface area (Å²) < 4.78 is 11.1. The summed E-state index contributed by atoms with van der Waals surface area (Å²) in [5.74, 6) is -0.576. The van der Waals surface area contributed by atoms with Crippen molar-refractivity contribution in [3.05, 3.63) is 0 Å². The average molecular weight is 405 g/mol. The topological polar surface area (TPSA) is 86.7 Å². The Hall–Kier alpha value is -1.72. The van der Waals surface area contributed by atoms with Crippen LogP contribution in [0.4, 0.5) is 0 Å². The number of hydrogen-bond donors (Lipinski definition) is 0. The molecule has 4 aliphatic rings. The first kappa shape index (κ1) is 20.5. The van der Waals surface area contributed by atoms with Gasteiger partial charge in [0.1, 0.15) is 11.9 Å². The van der Waals surface area contributed by atoms with Crippen LogP contribution in [0.15, 0.2) is 0 Å². The molecule has 0 aromatic heterocycles. The molecule has 0 aromatic carbocycles. The van der Waals surface area contributed by atoms with Crippen LogP contribution in [0, 0.1) is 34.5 Å². The quantitative estimate of drug-likeness (QED) is 0.657. The van der Waals surface area contributed by atoms with E-state index in [-0.39, 0.29) is 46.9 Å². The SMILES string of the molecule is CC(=O)O[C@H]1CC[C@@]2(C)[C@H](C1)C(=O)[C@@H](OC(C)=O)[C@@H]1[C@@H]2CC[C@]2(C)C(=O)CC[C@@H]12. The maximum Gasteiger partial charge on any atom is 0.303 e. The van der Waals surface area contributed by atoms with Gasteiger partial charge in [0.25, 0.3) is 0 Å². The molecule has 0 amide bonds. The molecule has 4 fully saturated rings. The molecule has 29 heavy (non-hydrogen) atoms. The van der Waals surface area contributed by atoms with E-state index in [1.807, 2.05) is 6.92 Å². The Morgan fingerprint density at radius 2 is 1.62 bits per heavy atom. The Balaban J connectivity index is 1.72. The predicted octanol–water partition coefficient (Wildman–Crippen LogP) is 3.25. The van der Waals surface area contributed by atoms with Crippen LogP contribution in [0.3, 0.4) is 0 Å². The van der Waals surface area contributed by atoms with Gasteiger partial charge in [-0.15, -0.1) is 0 Å². The van der Waals surface area contributed by atoms with Crippen molar-refractivity contribution in [3.8, 4) is 0 Å². The monoisotopic (exact) mass is 404 g/mol. The maximum atomic E-state index is 13.7. The third-order valence-corrected chi connectivity index (χ3v) is 8.79. The zero-order valence-corrected chi connectivity index (χ0v) is 17.9. The van der Waals surface area contributed by atoms with E-state index >= 15 is 0 Å². The molecule has 0 spiro atoms. The van der Waals surface area contributed by atoms with E-state index in [1.54, 1.807) is 0 Å². The number of carbonyl (C=O) groups excluding carboxylic acids is 4. The minimum Gasteiger partial charge on any atom is -0.463 e. The molecule has 0 heterocycles. The summed E-state index contributed by atoms with van der Waals surface area (Å²) in [4.78, 5) is 49.7. The molecule has 4 saturated carbocycles. The fourth-order valence-corrected chi connectivity index (χ4v) is 7.39. The fourth-order valence-electron chi connectivity index (χ4n) is 7.39. The highest BCUT2D eigenvalue weighted by Gasteiger charge is 2.66. The number of esters is 2. The molecule has 0 saturated heterocycles. The molecule has 0 aromatic rings. The number of carbonyl (C=O) groups is 4. The van der Waals surface area contributed by atoms with Crippen molar-refractivity contribution < 1.29 is 28.7 Å². The van der Waals surface area contributed by atoms with E-state index in [2.05, 4.69) is 6.92 Å². The smallest absolute Gasteiger partial charge is 0.303 e. The maximum absolute atomic E-state index is 13.7. The van der Waals surface area contributed by atoms with Gasteiger partial charge >= 0.3 is 11.9 Å². The fraction of sp³-hybridized carbons (Fsp3) is 0.826. The van der Waals surface area contributed by atoms with Crippen molar-refractivity contribution in [3.63, 3.8) is 0 Å². The van der Waals surface area contributed by atoms with Crippen LogP contribution in [0.2, 0.25) is 0 Å². The number of ether oxygens (including phenoxy) is 2. The van der Waals surface area contributed by atoms with Gasteiger partial charge in [0.2, 0.25) is 0 Å². The number of Topliss-reactive ketones (excluding diaryl/α,β-unsaturated/α-hetero) is 2. The van der Waals surface area contributed by atoms with Crippen LogP contribution in [0.25, 0.3) is 0 Å². The number of fused-ring (bicyclic) bond motifs is 5. The van der Waals surface area contributed by atoms with Gasteiger partial charge in [-0.2, -0.15) is 0 Å². The normalized spacial score (nSPS) is 46.3. The van der Waals surface area contributed by atoms with E-state index in [1.165, 1.54) is 13.8 Å². The molecule has 4 rings (SSSR count). The molecule has 8 atom stereocenters. The highest BCUT2D eigenvalue weighted by atomic mass is 16.5. The van der Waals surface area contributed by atoms with Gasteiger partial charge in [0.15, 0.2) is 11.9 Å². The lowest BCUT2D eigenvalue weighted by atomic mass is 9.44. The van der Waals surface area contributed by atoms with Crippen LogP contribution in [0.5, 0.6) is 0 Å². The Labute approximate surface area is 172 Å². The molecule has 6 heteroatoms. The van der Waals surface area contributed by atoms with E-state index in [4.69, 9.17) is 9.47 Å². The summed E-state index contributed by atoms with van der Waals surface area (Å²) in [7, 11) is 0. The molecule has 0 aliphatic heterocycles. The summed E-state index contributed by atoms with van der Waals surface area (Å²) in [6.45, 7) is 6.99. The van der Waals surface area contributed by atoms with Gasteiger partial charge in [0, 0.05) is 37.5 Å². The van der Waals surface area contributed by atoms with Crippen molar-refractivity contribution in [1.82, 2.24) is 0 Å². The van der Waals surface area contributed by atoms with Gasteiger partial charge in [-0.3, -0.25) is 19.2 Å². The van der Waals surface area contributed by atoms with Gasteiger partial charge in [-0.25, -0.2) is 0 Å². The van der Waals surface area contributed by atoms with Crippen molar-refractivity contribution in [2.45, 2.75) is 84.8 Å². The average Bonchev–Trinajstić information content (AvgIpc) is 2.94. The summed E-state index contributed by atoms with van der Waals surface area (Å²) in [5.41, 5.74) is -0.611. The summed E-state index contributed by atoms with van der Waals surface area (Å²) in [6.07, 6.45) is 4.06. The summed E-state index contributed by atoms with van der Waals surface area (Å²) in [6, 6.07) is 0. The zero-order chi connectivity index (χ0) is 21.1. The zero-order valence-electron chi connectivity index (χ0n) is 17.9. The molecule has 4 aliphatic carbocycles. The Morgan fingerprint density at radius 1 is 0.931 bits per heavy atom. The summed E-state index contributed by atoms with van der Waals surface area (Å²) >= 11 is 0. The Morgan fingerprint density at radius 3 is 2.28 bits per heavy atom. The van der Waals surface area contributed by atoms with Crippen LogP contribution < -0.4 is 0 Å². The summed E-state index contributed by atoms with van der Waals surface area (Å²) in [5, 5.41) is 0. The molecule has 0 radical (unpaired) electrons. The van der Waals surface area contributed by atoms with E-state index in [9.17, 15) is 19.2 Å². The molecule has 160 valence electrons. The second-order valence-electron chi connectivity index (χ2n) is 10.2. The third kappa shape index (κ3) is 3.05. The van der Waals surface area contributed by atoms with Gasteiger partial charge in [-0.1, -0.05) is 13.8 Å². The molecule has 6 nitrogen and oxygen atoms in total. The van der Waals surface area contributed by atoms with Crippen molar-refractivity contribution in [2.75, 3.05) is 0 Å². The molecule has 0 bridgehead atoms. The number of rotatable bonds is 2. The van der Waals surface area contributed by atoms with Crippen molar-refractivity contribution >= 4 is 23.5 Å².